The van der Waals surface area contributed by atoms with Gasteiger partial charge >= 0.3 is 5.97 Å². The maximum absolute atomic E-state index is 11.8. The minimum absolute atomic E-state index is 0.00660. The minimum atomic E-state index is -0.441. The Morgan fingerprint density at radius 1 is 1.71 bits per heavy atom. The number of carbonyl (C=O) groups excluding carboxylic acids is 1. The van der Waals surface area contributed by atoms with Crippen molar-refractivity contribution in [2.45, 2.75) is 58.6 Å². The molecule has 0 spiro atoms. The lowest BCUT2D eigenvalue weighted by Gasteiger charge is -2.27. The van der Waals surface area contributed by atoms with Crippen LogP contribution < -0.4 is 5.73 Å². The second-order valence-corrected chi connectivity index (χ2v) is 4.54. The van der Waals surface area contributed by atoms with Gasteiger partial charge in [-0.15, -0.1) is 0 Å². The zero-order chi connectivity index (χ0) is 10.8. The SMILES string of the molecule is CCC(C)OC(=O)C1(C)CCCC1N. The summed E-state index contributed by atoms with van der Waals surface area (Å²) in [6, 6.07) is -0.0287. The van der Waals surface area contributed by atoms with Gasteiger partial charge in [0.15, 0.2) is 0 Å². The molecular formula is C11H21NO2. The average Bonchev–Trinajstić information content (AvgIpc) is 2.48. The summed E-state index contributed by atoms with van der Waals surface area (Å²) in [6.07, 6.45) is 3.70. The van der Waals surface area contributed by atoms with Gasteiger partial charge in [0.05, 0.1) is 11.5 Å². The van der Waals surface area contributed by atoms with Crippen LogP contribution in [0.1, 0.15) is 46.5 Å². The van der Waals surface area contributed by atoms with Gasteiger partial charge in [0.2, 0.25) is 0 Å². The number of esters is 1. The molecule has 3 unspecified atom stereocenters. The predicted octanol–water partition coefficient (Wildman–Crippen LogP) is 1.85. The highest BCUT2D eigenvalue weighted by Crippen LogP contribution is 2.38. The lowest BCUT2D eigenvalue weighted by Crippen LogP contribution is -2.43. The Labute approximate surface area is 86.0 Å². The summed E-state index contributed by atoms with van der Waals surface area (Å²) >= 11 is 0. The molecule has 2 N–H and O–H groups in total. The normalized spacial score (nSPS) is 34.1. The van der Waals surface area contributed by atoms with E-state index in [-0.39, 0.29) is 18.1 Å². The first-order valence-corrected chi connectivity index (χ1v) is 5.47. The third-order valence-electron chi connectivity index (χ3n) is 3.38. The summed E-state index contributed by atoms with van der Waals surface area (Å²) in [6.45, 7) is 5.85. The van der Waals surface area contributed by atoms with Crippen LogP contribution in [0.25, 0.3) is 0 Å². The topological polar surface area (TPSA) is 52.3 Å². The lowest BCUT2D eigenvalue weighted by molar-refractivity contribution is -0.160. The Morgan fingerprint density at radius 2 is 2.36 bits per heavy atom. The van der Waals surface area contributed by atoms with E-state index in [0.717, 1.165) is 25.7 Å². The van der Waals surface area contributed by atoms with E-state index in [1.54, 1.807) is 0 Å². The molecular weight excluding hydrogens is 178 g/mol. The lowest BCUT2D eigenvalue weighted by atomic mass is 9.85. The predicted molar refractivity (Wildman–Crippen MR) is 55.8 cm³/mol. The largest absolute Gasteiger partial charge is 0.462 e. The number of rotatable bonds is 3. The molecule has 3 heteroatoms. The van der Waals surface area contributed by atoms with E-state index in [1.807, 2.05) is 20.8 Å². The van der Waals surface area contributed by atoms with E-state index in [0.29, 0.717) is 0 Å². The molecule has 1 fully saturated rings. The Balaban J connectivity index is 2.59. The number of hydrogen-bond donors (Lipinski definition) is 1. The van der Waals surface area contributed by atoms with Crippen molar-refractivity contribution in [3.05, 3.63) is 0 Å². The van der Waals surface area contributed by atoms with Gasteiger partial charge in [-0.2, -0.15) is 0 Å². The Kier molecular flexibility index (Phi) is 3.53. The zero-order valence-electron chi connectivity index (χ0n) is 9.38. The molecule has 0 aromatic heterocycles. The van der Waals surface area contributed by atoms with Gasteiger partial charge in [0.25, 0.3) is 0 Å². The standard InChI is InChI=1S/C11H21NO2/c1-4-8(2)14-10(13)11(3)7-5-6-9(11)12/h8-9H,4-7,12H2,1-3H3. The summed E-state index contributed by atoms with van der Waals surface area (Å²) in [5, 5.41) is 0. The summed E-state index contributed by atoms with van der Waals surface area (Å²) in [4.78, 5) is 11.8. The van der Waals surface area contributed by atoms with Crippen LogP contribution in [0.4, 0.5) is 0 Å². The Bertz CT molecular complexity index is 217. The molecule has 1 aliphatic carbocycles. The van der Waals surface area contributed by atoms with Gasteiger partial charge in [-0.05, 0) is 33.1 Å². The van der Waals surface area contributed by atoms with Crippen molar-refractivity contribution < 1.29 is 9.53 Å². The minimum Gasteiger partial charge on any atom is -0.462 e. The van der Waals surface area contributed by atoms with Crippen LogP contribution in [0.2, 0.25) is 0 Å². The monoisotopic (exact) mass is 199 g/mol. The van der Waals surface area contributed by atoms with Crippen LogP contribution in [0, 0.1) is 5.41 Å². The van der Waals surface area contributed by atoms with Crippen LogP contribution in [-0.2, 0) is 9.53 Å². The van der Waals surface area contributed by atoms with Crippen LogP contribution >= 0.6 is 0 Å². The maximum Gasteiger partial charge on any atom is 0.313 e. The highest BCUT2D eigenvalue weighted by Gasteiger charge is 2.44. The van der Waals surface area contributed by atoms with E-state index in [1.165, 1.54) is 0 Å². The van der Waals surface area contributed by atoms with Crippen LogP contribution in [0.15, 0.2) is 0 Å². The van der Waals surface area contributed by atoms with E-state index < -0.39 is 5.41 Å². The molecule has 0 saturated heterocycles. The fourth-order valence-electron chi connectivity index (χ4n) is 1.85. The summed E-state index contributed by atoms with van der Waals surface area (Å²) in [5.74, 6) is -0.114. The first-order chi connectivity index (χ1) is 6.50. The van der Waals surface area contributed by atoms with Gasteiger partial charge in [0, 0.05) is 6.04 Å². The number of hydrogen-bond acceptors (Lipinski definition) is 3. The molecule has 0 amide bonds. The third-order valence-corrected chi connectivity index (χ3v) is 3.38. The third kappa shape index (κ3) is 2.08. The molecule has 14 heavy (non-hydrogen) atoms. The maximum atomic E-state index is 11.8. The van der Waals surface area contributed by atoms with Crippen molar-refractivity contribution in [1.82, 2.24) is 0 Å². The van der Waals surface area contributed by atoms with Crippen LogP contribution in [0.3, 0.4) is 0 Å². The Hall–Kier alpha value is -0.570. The van der Waals surface area contributed by atoms with Crippen molar-refractivity contribution in [1.29, 1.82) is 0 Å². The van der Waals surface area contributed by atoms with E-state index in [4.69, 9.17) is 10.5 Å². The van der Waals surface area contributed by atoms with Crippen molar-refractivity contribution in [2.24, 2.45) is 11.1 Å². The fourth-order valence-corrected chi connectivity index (χ4v) is 1.85. The van der Waals surface area contributed by atoms with Gasteiger partial charge in [-0.1, -0.05) is 13.3 Å². The second kappa shape index (κ2) is 4.30. The molecule has 82 valence electrons. The second-order valence-electron chi connectivity index (χ2n) is 4.54. The summed E-state index contributed by atoms with van der Waals surface area (Å²) < 4.78 is 5.34. The van der Waals surface area contributed by atoms with Crippen molar-refractivity contribution in [2.75, 3.05) is 0 Å². The van der Waals surface area contributed by atoms with E-state index in [2.05, 4.69) is 0 Å². The molecule has 3 nitrogen and oxygen atoms in total. The molecule has 0 aromatic rings. The molecule has 1 saturated carbocycles. The van der Waals surface area contributed by atoms with Gasteiger partial charge in [-0.3, -0.25) is 4.79 Å². The van der Waals surface area contributed by atoms with Crippen LogP contribution in [0.5, 0.6) is 0 Å². The molecule has 0 aliphatic heterocycles. The molecule has 1 aliphatic rings. The molecule has 0 aromatic carbocycles. The molecule has 0 radical (unpaired) electrons. The van der Waals surface area contributed by atoms with Crippen LogP contribution in [-0.4, -0.2) is 18.1 Å². The molecule has 1 rings (SSSR count). The quantitative estimate of drug-likeness (QED) is 0.706. The zero-order valence-corrected chi connectivity index (χ0v) is 9.38. The van der Waals surface area contributed by atoms with Crippen molar-refractivity contribution >= 4 is 5.97 Å². The number of nitrogens with two attached hydrogens (primary N) is 1. The Morgan fingerprint density at radius 3 is 2.79 bits per heavy atom. The molecule has 3 atom stereocenters. The van der Waals surface area contributed by atoms with Crippen molar-refractivity contribution in [3.8, 4) is 0 Å². The number of ether oxygens (including phenoxy) is 1. The fraction of sp³-hybridized carbons (Fsp3) is 0.909. The highest BCUT2D eigenvalue weighted by molar-refractivity contribution is 5.78. The van der Waals surface area contributed by atoms with Gasteiger partial charge in [0.1, 0.15) is 0 Å². The summed E-state index contributed by atoms with van der Waals surface area (Å²) in [7, 11) is 0. The van der Waals surface area contributed by atoms with Crippen molar-refractivity contribution in [3.63, 3.8) is 0 Å². The van der Waals surface area contributed by atoms with E-state index >= 15 is 0 Å². The first-order valence-electron chi connectivity index (χ1n) is 5.47. The average molecular weight is 199 g/mol. The highest BCUT2D eigenvalue weighted by atomic mass is 16.5. The number of carbonyl (C=O) groups is 1. The summed E-state index contributed by atoms with van der Waals surface area (Å²) in [5.41, 5.74) is 5.49. The van der Waals surface area contributed by atoms with Gasteiger partial charge in [-0.25, -0.2) is 0 Å². The van der Waals surface area contributed by atoms with Gasteiger partial charge < -0.3 is 10.5 Å². The first kappa shape index (κ1) is 11.5. The molecule has 0 heterocycles. The van der Waals surface area contributed by atoms with E-state index in [9.17, 15) is 4.79 Å². The smallest absolute Gasteiger partial charge is 0.313 e. The molecule has 0 bridgehead atoms.